The lowest BCUT2D eigenvalue weighted by molar-refractivity contribution is -0.137. The SMILES string of the molecule is CC1CCCN(c2ncccc2C(F)(F)F)CC1. The van der Waals surface area contributed by atoms with Crippen LogP contribution in [-0.4, -0.2) is 18.1 Å². The van der Waals surface area contributed by atoms with Crippen LogP contribution in [0, 0.1) is 5.92 Å². The molecule has 1 unspecified atom stereocenters. The maximum absolute atomic E-state index is 12.9. The number of aromatic nitrogens is 1. The second-order valence-corrected chi connectivity index (χ2v) is 4.90. The van der Waals surface area contributed by atoms with Crippen molar-refractivity contribution in [1.82, 2.24) is 4.98 Å². The van der Waals surface area contributed by atoms with E-state index in [-0.39, 0.29) is 5.82 Å². The van der Waals surface area contributed by atoms with Gasteiger partial charge < -0.3 is 4.90 Å². The standard InChI is InChI=1S/C13H17F3N2/c1-10-4-3-8-18(9-6-10)12-11(13(14,15)16)5-2-7-17-12/h2,5,7,10H,3-4,6,8-9H2,1H3. The summed E-state index contributed by atoms with van der Waals surface area (Å²) in [6, 6.07) is 2.45. The molecule has 0 aromatic carbocycles. The second kappa shape index (κ2) is 5.16. The zero-order valence-corrected chi connectivity index (χ0v) is 10.4. The smallest absolute Gasteiger partial charge is 0.356 e. The average molecular weight is 258 g/mol. The van der Waals surface area contributed by atoms with Crippen LogP contribution in [-0.2, 0) is 6.18 Å². The van der Waals surface area contributed by atoms with E-state index in [1.54, 1.807) is 4.90 Å². The van der Waals surface area contributed by atoms with E-state index in [1.165, 1.54) is 12.3 Å². The molecule has 2 nitrogen and oxygen atoms in total. The van der Waals surface area contributed by atoms with Crippen LogP contribution in [0.1, 0.15) is 31.7 Å². The first-order chi connectivity index (χ1) is 8.48. The number of pyridine rings is 1. The monoisotopic (exact) mass is 258 g/mol. The highest BCUT2D eigenvalue weighted by atomic mass is 19.4. The van der Waals surface area contributed by atoms with Crippen LogP contribution in [0.3, 0.4) is 0 Å². The Morgan fingerprint density at radius 2 is 2.06 bits per heavy atom. The minimum Gasteiger partial charge on any atom is -0.356 e. The van der Waals surface area contributed by atoms with Gasteiger partial charge in [-0.2, -0.15) is 13.2 Å². The second-order valence-electron chi connectivity index (χ2n) is 4.90. The fourth-order valence-corrected chi connectivity index (χ4v) is 2.35. The highest BCUT2D eigenvalue weighted by molar-refractivity contribution is 5.48. The summed E-state index contributed by atoms with van der Waals surface area (Å²) in [6.45, 7) is 3.46. The third kappa shape index (κ3) is 2.94. The Kier molecular flexibility index (Phi) is 3.78. The molecule has 0 bridgehead atoms. The van der Waals surface area contributed by atoms with Gasteiger partial charge in [0.1, 0.15) is 5.82 Å². The molecule has 1 fully saturated rings. The van der Waals surface area contributed by atoms with Gasteiger partial charge in [-0.05, 0) is 37.3 Å². The number of rotatable bonds is 1. The molecular weight excluding hydrogens is 241 g/mol. The van der Waals surface area contributed by atoms with Gasteiger partial charge in [-0.1, -0.05) is 6.92 Å². The van der Waals surface area contributed by atoms with Gasteiger partial charge in [0.15, 0.2) is 0 Å². The molecule has 5 heteroatoms. The summed E-state index contributed by atoms with van der Waals surface area (Å²) in [7, 11) is 0. The Morgan fingerprint density at radius 3 is 2.78 bits per heavy atom. The Bertz CT molecular complexity index is 403. The van der Waals surface area contributed by atoms with Crippen LogP contribution in [0.15, 0.2) is 18.3 Å². The minimum absolute atomic E-state index is 0.0825. The zero-order valence-electron chi connectivity index (χ0n) is 10.4. The van der Waals surface area contributed by atoms with Gasteiger partial charge in [-0.3, -0.25) is 0 Å². The molecule has 18 heavy (non-hydrogen) atoms. The normalized spacial score (nSPS) is 21.8. The van der Waals surface area contributed by atoms with Crippen LogP contribution >= 0.6 is 0 Å². The van der Waals surface area contributed by atoms with Crippen LogP contribution < -0.4 is 4.90 Å². The molecule has 2 rings (SSSR count). The Hall–Kier alpha value is -1.26. The third-order valence-corrected chi connectivity index (χ3v) is 3.41. The van der Waals surface area contributed by atoms with E-state index < -0.39 is 11.7 Å². The van der Waals surface area contributed by atoms with Crippen molar-refractivity contribution in [3.05, 3.63) is 23.9 Å². The fraction of sp³-hybridized carbons (Fsp3) is 0.615. The quantitative estimate of drug-likeness (QED) is 0.763. The molecule has 0 spiro atoms. The van der Waals surface area contributed by atoms with Crippen LogP contribution in [0.25, 0.3) is 0 Å². The third-order valence-electron chi connectivity index (χ3n) is 3.41. The van der Waals surface area contributed by atoms with E-state index in [0.717, 1.165) is 25.3 Å². The molecule has 1 aliphatic rings. The van der Waals surface area contributed by atoms with E-state index in [4.69, 9.17) is 0 Å². The zero-order chi connectivity index (χ0) is 13.2. The fourth-order valence-electron chi connectivity index (χ4n) is 2.35. The first kappa shape index (κ1) is 13.2. The van der Waals surface area contributed by atoms with E-state index in [1.807, 2.05) is 0 Å². The molecule has 0 aliphatic carbocycles. The van der Waals surface area contributed by atoms with Crippen LogP contribution in [0.5, 0.6) is 0 Å². The Balaban J connectivity index is 2.27. The Morgan fingerprint density at radius 1 is 1.28 bits per heavy atom. The summed E-state index contributed by atoms with van der Waals surface area (Å²) in [5.74, 6) is 0.659. The lowest BCUT2D eigenvalue weighted by Gasteiger charge is -2.24. The highest BCUT2D eigenvalue weighted by Crippen LogP contribution is 2.35. The molecular formula is C13H17F3N2. The number of anilines is 1. The molecule has 0 saturated carbocycles. The summed E-state index contributed by atoms with van der Waals surface area (Å²) in [5, 5.41) is 0. The van der Waals surface area contributed by atoms with Gasteiger partial charge in [0.2, 0.25) is 0 Å². The van der Waals surface area contributed by atoms with E-state index in [9.17, 15) is 13.2 Å². The Labute approximate surface area is 105 Å². The van der Waals surface area contributed by atoms with E-state index in [0.29, 0.717) is 19.0 Å². The summed E-state index contributed by atoms with van der Waals surface area (Å²) in [6.07, 6.45) is 0.0218. The minimum atomic E-state index is -4.33. The number of halogens is 3. The van der Waals surface area contributed by atoms with Crippen molar-refractivity contribution in [2.75, 3.05) is 18.0 Å². The number of nitrogens with zero attached hydrogens (tertiary/aromatic N) is 2. The van der Waals surface area contributed by atoms with Crippen molar-refractivity contribution in [3.8, 4) is 0 Å². The predicted octanol–water partition coefficient (Wildman–Crippen LogP) is 3.73. The predicted molar refractivity (Wildman–Crippen MR) is 64.5 cm³/mol. The van der Waals surface area contributed by atoms with Crippen molar-refractivity contribution in [2.45, 2.75) is 32.4 Å². The summed E-state index contributed by atoms with van der Waals surface area (Å²) in [5.41, 5.74) is -0.625. The first-order valence-corrected chi connectivity index (χ1v) is 6.25. The van der Waals surface area contributed by atoms with Crippen molar-refractivity contribution >= 4 is 5.82 Å². The van der Waals surface area contributed by atoms with Gasteiger partial charge >= 0.3 is 6.18 Å². The molecule has 0 N–H and O–H groups in total. The van der Waals surface area contributed by atoms with Gasteiger partial charge in [-0.25, -0.2) is 4.98 Å². The van der Waals surface area contributed by atoms with Crippen molar-refractivity contribution in [2.24, 2.45) is 5.92 Å². The highest BCUT2D eigenvalue weighted by Gasteiger charge is 2.35. The summed E-state index contributed by atoms with van der Waals surface area (Å²) in [4.78, 5) is 5.71. The van der Waals surface area contributed by atoms with E-state index in [2.05, 4.69) is 11.9 Å². The summed E-state index contributed by atoms with van der Waals surface area (Å²) < 4.78 is 38.7. The maximum Gasteiger partial charge on any atom is 0.419 e. The van der Waals surface area contributed by atoms with E-state index >= 15 is 0 Å². The molecule has 2 heterocycles. The maximum atomic E-state index is 12.9. The lowest BCUT2D eigenvalue weighted by atomic mass is 10.0. The van der Waals surface area contributed by atoms with Gasteiger partial charge in [-0.15, -0.1) is 0 Å². The lowest BCUT2D eigenvalue weighted by Crippen LogP contribution is -2.28. The first-order valence-electron chi connectivity index (χ1n) is 6.25. The summed E-state index contributed by atoms with van der Waals surface area (Å²) >= 11 is 0. The van der Waals surface area contributed by atoms with Crippen molar-refractivity contribution in [1.29, 1.82) is 0 Å². The van der Waals surface area contributed by atoms with Gasteiger partial charge in [0, 0.05) is 19.3 Å². The number of hydrogen-bond donors (Lipinski definition) is 0. The molecule has 100 valence electrons. The molecule has 1 saturated heterocycles. The molecule has 1 aliphatic heterocycles. The molecule has 1 aromatic rings. The molecule has 1 atom stereocenters. The van der Waals surface area contributed by atoms with Gasteiger partial charge in [0.25, 0.3) is 0 Å². The number of hydrogen-bond acceptors (Lipinski definition) is 2. The molecule has 0 radical (unpaired) electrons. The van der Waals surface area contributed by atoms with Crippen LogP contribution in [0.2, 0.25) is 0 Å². The van der Waals surface area contributed by atoms with Crippen molar-refractivity contribution in [3.63, 3.8) is 0 Å². The molecule has 0 amide bonds. The van der Waals surface area contributed by atoms with Crippen molar-refractivity contribution < 1.29 is 13.2 Å². The average Bonchev–Trinajstić information content (AvgIpc) is 2.53. The van der Waals surface area contributed by atoms with Gasteiger partial charge in [0.05, 0.1) is 5.56 Å². The van der Waals surface area contributed by atoms with Crippen LogP contribution in [0.4, 0.5) is 19.0 Å². The topological polar surface area (TPSA) is 16.1 Å². The number of alkyl halides is 3. The largest absolute Gasteiger partial charge is 0.419 e. The molecule has 1 aromatic heterocycles.